The van der Waals surface area contributed by atoms with E-state index >= 15 is 0 Å². The van der Waals surface area contributed by atoms with Gasteiger partial charge in [-0.3, -0.25) is 9.78 Å². The smallest absolute Gasteiger partial charge is 0.223 e. The van der Waals surface area contributed by atoms with Crippen LogP contribution in [0.5, 0.6) is 0 Å². The summed E-state index contributed by atoms with van der Waals surface area (Å²) >= 11 is 1.63. The van der Waals surface area contributed by atoms with Crippen molar-refractivity contribution in [3.63, 3.8) is 0 Å². The Morgan fingerprint density at radius 1 is 1.07 bits per heavy atom. The number of nitrogens with one attached hydrogen (secondary N) is 1. The van der Waals surface area contributed by atoms with Gasteiger partial charge in [-0.1, -0.05) is 24.2 Å². The third kappa shape index (κ3) is 3.96. The Kier molecular flexibility index (Phi) is 5.14. The van der Waals surface area contributed by atoms with Gasteiger partial charge in [0.2, 0.25) is 5.91 Å². The van der Waals surface area contributed by atoms with E-state index in [4.69, 9.17) is 9.97 Å². The number of piperidine rings is 1. The first-order valence-electron chi connectivity index (χ1n) is 10.5. The van der Waals surface area contributed by atoms with Crippen LogP contribution in [0.3, 0.4) is 0 Å². The molecule has 0 unspecified atom stereocenters. The predicted octanol–water partition coefficient (Wildman–Crippen LogP) is 4.03. The Morgan fingerprint density at radius 3 is 2.66 bits per heavy atom. The van der Waals surface area contributed by atoms with Gasteiger partial charge in [0.15, 0.2) is 5.13 Å². The predicted molar refractivity (Wildman–Crippen MR) is 116 cm³/mol. The summed E-state index contributed by atoms with van der Waals surface area (Å²) < 4.78 is 0. The van der Waals surface area contributed by atoms with E-state index in [1.807, 2.05) is 30.5 Å². The summed E-state index contributed by atoms with van der Waals surface area (Å²) in [6.45, 7) is 1.75. The molecule has 3 aromatic rings. The maximum absolute atomic E-state index is 12.6. The van der Waals surface area contributed by atoms with E-state index in [0.717, 1.165) is 65.5 Å². The first-order valence-corrected chi connectivity index (χ1v) is 11.3. The van der Waals surface area contributed by atoms with Gasteiger partial charge in [-0.15, -0.1) is 0 Å². The second-order valence-corrected chi connectivity index (χ2v) is 8.97. The molecule has 1 aliphatic heterocycles. The third-order valence-corrected chi connectivity index (χ3v) is 7.07. The SMILES string of the molecule is O=C(NC1CCCC1)C1CCN(c2nc3ccc(-c4cccnc4)nc3s2)CC1. The van der Waals surface area contributed by atoms with Gasteiger partial charge in [0.05, 0.1) is 5.69 Å². The lowest BCUT2D eigenvalue weighted by molar-refractivity contribution is -0.126. The van der Waals surface area contributed by atoms with Gasteiger partial charge < -0.3 is 10.2 Å². The molecule has 1 N–H and O–H groups in total. The second-order valence-electron chi connectivity index (χ2n) is 8.01. The molecule has 150 valence electrons. The van der Waals surface area contributed by atoms with Crippen LogP contribution in [0.4, 0.5) is 5.13 Å². The van der Waals surface area contributed by atoms with Crippen molar-refractivity contribution in [3.8, 4) is 11.3 Å². The van der Waals surface area contributed by atoms with Crippen molar-refractivity contribution in [2.24, 2.45) is 5.92 Å². The van der Waals surface area contributed by atoms with Crippen LogP contribution in [-0.2, 0) is 4.79 Å². The minimum atomic E-state index is 0.136. The van der Waals surface area contributed by atoms with Crippen molar-refractivity contribution in [1.82, 2.24) is 20.3 Å². The molecule has 0 bridgehead atoms. The molecule has 0 spiro atoms. The maximum Gasteiger partial charge on any atom is 0.223 e. The van der Waals surface area contributed by atoms with Crippen molar-refractivity contribution in [2.75, 3.05) is 18.0 Å². The highest BCUT2D eigenvalue weighted by atomic mass is 32.1. The molecule has 29 heavy (non-hydrogen) atoms. The molecule has 0 radical (unpaired) electrons. The number of nitrogens with zero attached hydrogens (tertiary/aromatic N) is 4. The number of pyridine rings is 2. The van der Waals surface area contributed by atoms with Crippen molar-refractivity contribution in [3.05, 3.63) is 36.7 Å². The lowest BCUT2D eigenvalue weighted by Crippen LogP contribution is -2.43. The summed E-state index contributed by atoms with van der Waals surface area (Å²) in [6.07, 6.45) is 10.2. The molecular weight excluding hydrogens is 382 g/mol. The Labute approximate surface area is 174 Å². The molecule has 4 heterocycles. The molecule has 0 atom stereocenters. The highest BCUT2D eigenvalue weighted by molar-refractivity contribution is 7.21. The van der Waals surface area contributed by atoms with Gasteiger partial charge >= 0.3 is 0 Å². The number of amides is 1. The molecule has 1 saturated heterocycles. The highest BCUT2D eigenvalue weighted by Crippen LogP contribution is 2.32. The van der Waals surface area contributed by atoms with Gasteiger partial charge in [0.25, 0.3) is 0 Å². The molecule has 3 aromatic heterocycles. The first kappa shape index (κ1) is 18.5. The van der Waals surface area contributed by atoms with Crippen molar-refractivity contribution < 1.29 is 4.79 Å². The van der Waals surface area contributed by atoms with Crippen LogP contribution >= 0.6 is 11.3 Å². The normalized spacial score (nSPS) is 18.4. The lowest BCUT2D eigenvalue weighted by Gasteiger charge is -2.31. The zero-order valence-corrected chi connectivity index (χ0v) is 17.2. The molecular formula is C22H25N5OS. The van der Waals surface area contributed by atoms with Crippen LogP contribution in [0, 0.1) is 5.92 Å². The largest absolute Gasteiger partial charge is 0.353 e. The molecule has 1 amide bonds. The summed E-state index contributed by atoms with van der Waals surface area (Å²) in [7, 11) is 0. The second kappa shape index (κ2) is 8.06. The first-order chi connectivity index (χ1) is 14.3. The standard InChI is InChI=1S/C22H25N5OS/c28-20(24-17-5-1-2-6-17)15-9-12-27(13-10-15)22-26-19-8-7-18(25-21(19)29-22)16-4-3-11-23-14-16/h3-4,7-8,11,14-15,17H,1-2,5-6,9-10,12-13H2,(H,24,28). The fourth-order valence-corrected chi connectivity index (χ4v) is 5.33. The van der Waals surface area contributed by atoms with E-state index in [2.05, 4.69) is 15.2 Å². The van der Waals surface area contributed by atoms with Crippen LogP contribution < -0.4 is 10.2 Å². The van der Waals surface area contributed by atoms with Gasteiger partial charge in [0.1, 0.15) is 10.3 Å². The number of rotatable bonds is 4. The monoisotopic (exact) mass is 407 g/mol. The molecule has 1 aliphatic carbocycles. The maximum atomic E-state index is 12.6. The Hall–Kier alpha value is -2.54. The van der Waals surface area contributed by atoms with Crippen LogP contribution in [-0.4, -0.2) is 40.0 Å². The molecule has 0 aromatic carbocycles. The minimum absolute atomic E-state index is 0.136. The topological polar surface area (TPSA) is 71.0 Å². The van der Waals surface area contributed by atoms with E-state index < -0.39 is 0 Å². The molecule has 1 saturated carbocycles. The number of carbonyl (C=O) groups excluding carboxylic acids is 1. The summed E-state index contributed by atoms with van der Waals surface area (Å²) in [5, 5.41) is 4.27. The number of fused-ring (bicyclic) bond motifs is 1. The zero-order valence-electron chi connectivity index (χ0n) is 16.4. The van der Waals surface area contributed by atoms with E-state index in [1.54, 1.807) is 17.5 Å². The van der Waals surface area contributed by atoms with Crippen molar-refractivity contribution in [1.29, 1.82) is 0 Å². The van der Waals surface area contributed by atoms with E-state index in [-0.39, 0.29) is 11.8 Å². The lowest BCUT2D eigenvalue weighted by atomic mass is 9.96. The average molecular weight is 408 g/mol. The fourth-order valence-electron chi connectivity index (χ4n) is 4.34. The zero-order chi connectivity index (χ0) is 19.6. The minimum Gasteiger partial charge on any atom is -0.353 e. The highest BCUT2D eigenvalue weighted by Gasteiger charge is 2.28. The van der Waals surface area contributed by atoms with Gasteiger partial charge in [0, 0.05) is 43.0 Å². The van der Waals surface area contributed by atoms with Crippen LogP contribution in [0.25, 0.3) is 21.6 Å². The van der Waals surface area contributed by atoms with Crippen LogP contribution in [0.1, 0.15) is 38.5 Å². The van der Waals surface area contributed by atoms with E-state index in [1.165, 1.54) is 12.8 Å². The molecule has 7 heteroatoms. The van der Waals surface area contributed by atoms with E-state index in [0.29, 0.717) is 6.04 Å². The van der Waals surface area contributed by atoms with Gasteiger partial charge in [-0.25, -0.2) is 9.97 Å². The van der Waals surface area contributed by atoms with Gasteiger partial charge in [-0.05, 0) is 49.9 Å². The molecule has 2 fully saturated rings. The number of carbonyl (C=O) groups is 1. The van der Waals surface area contributed by atoms with Crippen molar-refractivity contribution >= 4 is 32.7 Å². The quantitative estimate of drug-likeness (QED) is 0.707. The van der Waals surface area contributed by atoms with Crippen LogP contribution in [0.15, 0.2) is 36.7 Å². The average Bonchev–Trinajstić information content (AvgIpc) is 3.43. The molecule has 6 nitrogen and oxygen atoms in total. The van der Waals surface area contributed by atoms with Crippen molar-refractivity contribution in [2.45, 2.75) is 44.6 Å². The summed E-state index contributed by atoms with van der Waals surface area (Å²) in [6, 6.07) is 8.39. The molecule has 2 aliphatic rings. The summed E-state index contributed by atoms with van der Waals surface area (Å²) in [5.41, 5.74) is 2.86. The number of aromatic nitrogens is 3. The summed E-state index contributed by atoms with van der Waals surface area (Å²) in [4.78, 5) is 29.6. The Morgan fingerprint density at radius 2 is 1.90 bits per heavy atom. The Bertz CT molecular complexity index is 991. The third-order valence-electron chi connectivity index (χ3n) is 6.04. The van der Waals surface area contributed by atoms with Gasteiger partial charge in [-0.2, -0.15) is 0 Å². The fraction of sp³-hybridized carbons (Fsp3) is 0.455. The number of hydrogen-bond acceptors (Lipinski definition) is 6. The van der Waals surface area contributed by atoms with Crippen LogP contribution in [0.2, 0.25) is 0 Å². The Balaban J connectivity index is 1.25. The van der Waals surface area contributed by atoms with E-state index in [9.17, 15) is 4.79 Å². The molecule has 5 rings (SSSR count). The number of hydrogen-bond donors (Lipinski definition) is 1. The number of anilines is 1. The number of thiazole rings is 1. The summed E-state index contributed by atoms with van der Waals surface area (Å²) in [5.74, 6) is 0.389.